The second kappa shape index (κ2) is 9.80. The lowest BCUT2D eigenvalue weighted by atomic mass is 9.89. The fourth-order valence-electron chi connectivity index (χ4n) is 5.31. The zero-order valence-corrected chi connectivity index (χ0v) is 20.1. The van der Waals surface area contributed by atoms with E-state index >= 15 is 0 Å². The van der Waals surface area contributed by atoms with Crippen LogP contribution in [0, 0.1) is 16.0 Å². The van der Waals surface area contributed by atoms with E-state index in [1.165, 1.54) is 31.4 Å². The molecule has 1 atom stereocenters. The van der Waals surface area contributed by atoms with Gasteiger partial charge >= 0.3 is 0 Å². The topological polar surface area (TPSA) is 72.7 Å². The quantitative estimate of drug-likeness (QED) is 0.273. The number of amides is 1. The number of benzene rings is 3. The van der Waals surface area contributed by atoms with Gasteiger partial charge < -0.3 is 4.74 Å². The molecule has 1 fully saturated rings. The molecule has 0 radical (unpaired) electrons. The van der Waals surface area contributed by atoms with Crippen LogP contribution in [-0.2, 0) is 17.0 Å². The minimum Gasteiger partial charge on any atom is -0.347 e. The van der Waals surface area contributed by atoms with Crippen LogP contribution < -0.4 is 0 Å². The number of nitro groups is 1. The van der Waals surface area contributed by atoms with Crippen molar-refractivity contribution in [1.82, 2.24) is 4.90 Å². The average molecular weight is 491 g/mol. The zero-order valence-electron chi connectivity index (χ0n) is 19.4. The molecule has 35 heavy (non-hydrogen) atoms. The SMILES string of the molecule is O=C1c2ccccc2C(OCC2CCCCC2)(c2ccc(Cl)cc2)N1Cc1ccc([N+](=O)[O-])cc1. The van der Waals surface area contributed by atoms with Gasteiger partial charge in [-0.2, -0.15) is 0 Å². The van der Waals surface area contributed by atoms with E-state index in [1.807, 2.05) is 48.5 Å². The molecule has 6 nitrogen and oxygen atoms in total. The fraction of sp³-hybridized carbons (Fsp3) is 0.321. The molecule has 0 saturated heterocycles. The third kappa shape index (κ3) is 4.44. The monoisotopic (exact) mass is 490 g/mol. The zero-order chi connectivity index (χ0) is 24.4. The summed E-state index contributed by atoms with van der Waals surface area (Å²) < 4.78 is 6.85. The predicted molar refractivity (Wildman–Crippen MR) is 134 cm³/mol. The molecule has 0 aromatic heterocycles. The molecule has 3 aromatic carbocycles. The van der Waals surface area contributed by atoms with Crippen LogP contribution in [0.5, 0.6) is 0 Å². The van der Waals surface area contributed by atoms with Crippen LogP contribution in [-0.4, -0.2) is 22.3 Å². The predicted octanol–water partition coefficient (Wildman–Crippen LogP) is 6.70. The number of nitro benzene ring substituents is 1. The van der Waals surface area contributed by atoms with Gasteiger partial charge in [-0.3, -0.25) is 19.8 Å². The van der Waals surface area contributed by atoms with Crippen LogP contribution in [0.4, 0.5) is 5.69 Å². The number of halogens is 1. The Morgan fingerprint density at radius 3 is 2.34 bits per heavy atom. The van der Waals surface area contributed by atoms with Gasteiger partial charge in [0.15, 0.2) is 5.72 Å². The van der Waals surface area contributed by atoms with Crippen LogP contribution in [0.1, 0.15) is 59.2 Å². The maximum absolute atomic E-state index is 13.8. The first-order valence-electron chi connectivity index (χ1n) is 12.0. The molecule has 180 valence electrons. The number of rotatable bonds is 7. The second-order valence-electron chi connectivity index (χ2n) is 9.33. The van der Waals surface area contributed by atoms with E-state index < -0.39 is 10.6 Å². The highest BCUT2D eigenvalue weighted by Crippen LogP contribution is 2.47. The van der Waals surface area contributed by atoms with Crippen LogP contribution in [0.3, 0.4) is 0 Å². The summed E-state index contributed by atoms with van der Waals surface area (Å²) in [5.74, 6) is 0.314. The first-order chi connectivity index (χ1) is 17.0. The summed E-state index contributed by atoms with van der Waals surface area (Å²) in [5.41, 5.74) is 1.94. The van der Waals surface area contributed by atoms with E-state index in [-0.39, 0.29) is 18.1 Å². The van der Waals surface area contributed by atoms with Crippen LogP contribution in [0.15, 0.2) is 72.8 Å². The number of hydrogen-bond acceptors (Lipinski definition) is 4. The van der Waals surface area contributed by atoms with Crippen molar-refractivity contribution in [3.63, 3.8) is 0 Å². The first kappa shape index (κ1) is 23.5. The van der Waals surface area contributed by atoms with Gasteiger partial charge in [0.25, 0.3) is 11.6 Å². The summed E-state index contributed by atoms with van der Waals surface area (Å²) in [7, 11) is 0. The molecule has 3 aromatic rings. The Hall–Kier alpha value is -3.22. The number of carbonyl (C=O) groups is 1. The first-order valence-corrected chi connectivity index (χ1v) is 12.4. The van der Waals surface area contributed by atoms with Gasteiger partial charge in [0.05, 0.1) is 11.5 Å². The minimum absolute atomic E-state index is 0.0160. The summed E-state index contributed by atoms with van der Waals surface area (Å²) >= 11 is 6.22. The van der Waals surface area contributed by atoms with Gasteiger partial charge in [-0.1, -0.05) is 73.3 Å². The van der Waals surface area contributed by atoms with Crippen molar-refractivity contribution in [1.29, 1.82) is 0 Å². The average Bonchev–Trinajstić information content (AvgIpc) is 3.12. The van der Waals surface area contributed by atoms with Gasteiger partial charge in [0, 0.05) is 40.4 Å². The van der Waals surface area contributed by atoms with Crippen molar-refractivity contribution >= 4 is 23.2 Å². The largest absolute Gasteiger partial charge is 0.347 e. The van der Waals surface area contributed by atoms with Gasteiger partial charge in [0.2, 0.25) is 0 Å². The summed E-state index contributed by atoms with van der Waals surface area (Å²) in [4.78, 5) is 26.2. The van der Waals surface area contributed by atoms with Crippen molar-refractivity contribution in [3.05, 3.63) is 110 Å². The smallest absolute Gasteiger partial charge is 0.269 e. The summed E-state index contributed by atoms with van der Waals surface area (Å²) in [6.45, 7) is 0.791. The standard InChI is InChI=1S/C28H27ClN2O4/c29-23-14-12-22(13-15-23)28(35-19-21-6-2-1-3-7-21)26-9-5-4-8-25(26)27(32)30(28)18-20-10-16-24(17-11-20)31(33)34/h4-5,8-17,21H,1-3,6-7,18-19H2. The van der Waals surface area contributed by atoms with Crippen LogP contribution >= 0.6 is 11.6 Å². The lowest BCUT2D eigenvalue weighted by Crippen LogP contribution is -2.47. The highest BCUT2D eigenvalue weighted by molar-refractivity contribution is 6.30. The Morgan fingerprint density at radius 1 is 0.971 bits per heavy atom. The van der Waals surface area contributed by atoms with Crippen molar-refractivity contribution in [2.75, 3.05) is 6.61 Å². The molecule has 1 unspecified atom stereocenters. The fourth-order valence-corrected chi connectivity index (χ4v) is 5.43. The maximum atomic E-state index is 13.8. The Morgan fingerprint density at radius 2 is 1.66 bits per heavy atom. The molecule has 0 spiro atoms. The number of nitrogens with zero attached hydrogens (tertiary/aromatic N) is 2. The molecular weight excluding hydrogens is 464 g/mol. The molecule has 0 bridgehead atoms. The van der Waals surface area contributed by atoms with Gasteiger partial charge in [-0.05, 0) is 42.5 Å². The van der Waals surface area contributed by atoms with E-state index in [1.54, 1.807) is 17.0 Å². The summed E-state index contributed by atoms with van der Waals surface area (Å²) in [6.07, 6.45) is 5.89. The van der Waals surface area contributed by atoms with E-state index in [9.17, 15) is 14.9 Å². The Labute approximate surface area is 209 Å². The van der Waals surface area contributed by atoms with Crippen LogP contribution in [0.2, 0.25) is 5.02 Å². The van der Waals surface area contributed by atoms with E-state index in [4.69, 9.17) is 16.3 Å². The van der Waals surface area contributed by atoms with E-state index in [0.717, 1.165) is 29.5 Å². The molecule has 5 rings (SSSR count). The summed E-state index contributed by atoms with van der Waals surface area (Å²) in [5, 5.41) is 11.7. The lowest BCUT2D eigenvalue weighted by Gasteiger charge is -2.41. The third-order valence-electron chi connectivity index (χ3n) is 7.12. The van der Waals surface area contributed by atoms with Crippen molar-refractivity contribution in [3.8, 4) is 0 Å². The van der Waals surface area contributed by atoms with Crippen LogP contribution in [0.25, 0.3) is 0 Å². The molecule has 0 N–H and O–H groups in total. The molecule has 1 saturated carbocycles. The van der Waals surface area contributed by atoms with Gasteiger partial charge in [0.1, 0.15) is 0 Å². The Kier molecular flexibility index (Phi) is 6.58. The van der Waals surface area contributed by atoms with Crippen molar-refractivity contribution < 1.29 is 14.5 Å². The molecular formula is C28H27ClN2O4. The molecule has 7 heteroatoms. The van der Waals surface area contributed by atoms with Crippen molar-refractivity contribution in [2.45, 2.75) is 44.4 Å². The molecule has 1 aliphatic carbocycles. The normalized spacial score (nSPS) is 20.1. The number of hydrogen-bond donors (Lipinski definition) is 0. The molecule has 1 amide bonds. The Balaban J connectivity index is 1.59. The van der Waals surface area contributed by atoms with Gasteiger partial charge in [-0.15, -0.1) is 0 Å². The number of fused-ring (bicyclic) bond motifs is 1. The summed E-state index contributed by atoms with van der Waals surface area (Å²) in [6, 6.07) is 21.4. The maximum Gasteiger partial charge on any atom is 0.269 e. The Bertz CT molecular complexity index is 1220. The van der Waals surface area contributed by atoms with E-state index in [0.29, 0.717) is 23.1 Å². The van der Waals surface area contributed by atoms with Gasteiger partial charge in [-0.25, -0.2) is 0 Å². The lowest BCUT2D eigenvalue weighted by molar-refractivity contribution is -0.384. The molecule has 1 heterocycles. The number of carbonyl (C=O) groups excluding carboxylic acids is 1. The highest BCUT2D eigenvalue weighted by atomic mass is 35.5. The van der Waals surface area contributed by atoms with Crippen molar-refractivity contribution in [2.24, 2.45) is 5.92 Å². The third-order valence-corrected chi connectivity index (χ3v) is 7.38. The minimum atomic E-state index is -1.11. The number of non-ortho nitro benzene ring substituents is 1. The number of ether oxygens (including phenoxy) is 1. The second-order valence-corrected chi connectivity index (χ2v) is 9.76. The van der Waals surface area contributed by atoms with E-state index in [2.05, 4.69) is 0 Å². The molecule has 1 aliphatic heterocycles. The highest BCUT2D eigenvalue weighted by Gasteiger charge is 2.52. The molecule has 2 aliphatic rings.